The predicted molar refractivity (Wildman–Crippen MR) is 111 cm³/mol. The van der Waals surface area contributed by atoms with E-state index in [-0.39, 0.29) is 6.61 Å². The smallest absolute Gasteiger partial charge is 0.347 e. The quantitative estimate of drug-likeness (QED) is 0.495. The largest absolute Gasteiger partial charge is 0.479 e. The molecule has 0 saturated carbocycles. The van der Waals surface area contributed by atoms with Gasteiger partial charge in [0.05, 0.1) is 18.2 Å². The maximum Gasteiger partial charge on any atom is 0.347 e. The molecule has 0 radical (unpaired) electrons. The Morgan fingerprint density at radius 2 is 1.30 bits per heavy atom. The average Bonchev–Trinajstić information content (AvgIpc) is 2.71. The number of hydrogen-bond donors (Lipinski definition) is 0. The van der Waals surface area contributed by atoms with Crippen LogP contribution in [0, 0.1) is 0 Å². The lowest BCUT2D eigenvalue weighted by Crippen LogP contribution is -2.26. The van der Waals surface area contributed by atoms with Crippen LogP contribution in [0.1, 0.15) is 27.7 Å². The van der Waals surface area contributed by atoms with Crippen LogP contribution in [-0.4, -0.2) is 37.4 Å². The molecule has 0 bridgehead atoms. The summed E-state index contributed by atoms with van der Waals surface area (Å²) in [5.41, 5.74) is 0. The lowest BCUT2D eigenvalue weighted by atomic mass is 10.3. The third-order valence-corrected chi connectivity index (χ3v) is 4.11. The fourth-order valence-electron chi connectivity index (χ4n) is 2.37. The maximum atomic E-state index is 11.7. The highest BCUT2D eigenvalue weighted by molar-refractivity contribution is 6.32. The molecular formula is C22H25ClO7. The van der Waals surface area contributed by atoms with Gasteiger partial charge >= 0.3 is 11.9 Å². The topological polar surface area (TPSA) is 80.3 Å². The van der Waals surface area contributed by atoms with Gasteiger partial charge in [0.1, 0.15) is 23.0 Å². The number of benzene rings is 2. The molecule has 0 aliphatic heterocycles. The molecule has 0 amide bonds. The highest BCUT2D eigenvalue weighted by Gasteiger charge is 2.18. The van der Waals surface area contributed by atoms with Crippen molar-refractivity contribution in [3.05, 3.63) is 47.5 Å². The standard InChI is InChI=1S/C22H25ClO7/c1-5-26-21(24)14(3)28-16-7-9-17(10-8-16)30-18-11-12-20(19(23)13-18)29-15(4)22(25)27-6-2/h7-15H,5-6H2,1-4H3. The second-order valence-corrected chi connectivity index (χ2v) is 6.60. The van der Waals surface area contributed by atoms with Gasteiger partial charge in [0.25, 0.3) is 0 Å². The molecule has 0 N–H and O–H groups in total. The monoisotopic (exact) mass is 436 g/mol. The van der Waals surface area contributed by atoms with Crippen molar-refractivity contribution < 1.29 is 33.3 Å². The predicted octanol–water partition coefficient (Wildman–Crippen LogP) is 4.79. The third-order valence-electron chi connectivity index (χ3n) is 3.82. The molecular weight excluding hydrogens is 412 g/mol. The van der Waals surface area contributed by atoms with Gasteiger partial charge in [-0.25, -0.2) is 9.59 Å². The van der Waals surface area contributed by atoms with E-state index in [1.807, 2.05) is 0 Å². The number of esters is 2. The molecule has 162 valence electrons. The number of rotatable bonds is 10. The first-order chi connectivity index (χ1) is 14.3. The molecule has 7 nitrogen and oxygen atoms in total. The van der Waals surface area contributed by atoms with E-state index in [1.165, 1.54) is 0 Å². The first-order valence-electron chi connectivity index (χ1n) is 9.58. The normalized spacial score (nSPS) is 12.4. The molecule has 0 aromatic heterocycles. The van der Waals surface area contributed by atoms with Gasteiger partial charge in [0.15, 0.2) is 12.2 Å². The van der Waals surface area contributed by atoms with E-state index < -0.39 is 24.1 Å². The Bertz CT molecular complexity index is 851. The zero-order chi connectivity index (χ0) is 22.1. The van der Waals surface area contributed by atoms with Gasteiger partial charge in [-0.05, 0) is 64.1 Å². The van der Waals surface area contributed by atoms with E-state index in [0.717, 1.165) is 0 Å². The highest BCUT2D eigenvalue weighted by atomic mass is 35.5. The first kappa shape index (κ1) is 23.3. The number of hydrogen-bond acceptors (Lipinski definition) is 7. The summed E-state index contributed by atoms with van der Waals surface area (Å²) in [4.78, 5) is 23.3. The van der Waals surface area contributed by atoms with Gasteiger partial charge in [0, 0.05) is 6.07 Å². The second kappa shape index (κ2) is 11.3. The minimum Gasteiger partial charge on any atom is -0.479 e. The Morgan fingerprint density at radius 1 is 0.800 bits per heavy atom. The Balaban J connectivity index is 1.97. The highest BCUT2D eigenvalue weighted by Crippen LogP contribution is 2.32. The molecule has 8 heteroatoms. The molecule has 0 saturated heterocycles. The number of carbonyl (C=O) groups is 2. The second-order valence-electron chi connectivity index (χ2n) is 6.19. The molecule has 0 spiro atoms. The lowest BCUT2D eigenvalue weighted by Gasteiger charge is -2.15. The SMILES string of the molecule is CCOC(=O)C(C)Oc1ccc(Oc2ccc(OC(C)C(=O)OCC)c(Cl)c2)cc1. The summed E-state index contributed by atoms with van der Waals surface area (Å²) in [6.45, 7) is 7.25. The Hall–Kier alpha value is -2.93. The summed E-state index contributed by atoms with van der Waals surface area (Å²) in [7, 11) is 0. The number of ether oxygens (including phenoxy) is 5. The summed E-state index contributed by atoms with van der Waals surface area (Å²) in [6, 6.07) is 11.7. The Kier molecular flexibility index (Phi) is 8.80. The number of halogens is 1. The van der Waals surface area contributed by atoms with Gasteiger partial charge in [0.2, 0.25) is 0 Å². The molecule has 2 atom stereocenters. The van der Waals surface area contributed by atoms with Crippen LogP contribution >= 0.6 is 11.6 Å². The van der Waals surface area contributed by atoms with Crippen LogP contribution in [0.4, 0.5) is 0 Å². The van der Waals surface area contributed by atoms with Crippen molar-refractivity contribution in [2.24, 2.45) is 0 Å². The van der Waals surface area contributed by atoms with Crippen molar-refractivity contribution >= 4 is 23.5 Å². The van der Waals surface area contributed by atoms with Gasteiger partial charge < -0.3 is 23.7 Å². The zero-order valence-electron chi connectivity index (χ0n) is 17.3. The first-order valence-corrected chi connectivity index (χ1v) is 9.95. The summed E-state index contributed by atoms with van der Waals surface area (Å²) in [5, 5.41) is 0.298. The average molecular weight is 437 g/mol. The van der Waals surface area contributed by atoms with E-state index in [4.69, 9.17) is 35.3 Å². The fraction of sp³-hybridized carbons (Fsp3) is 0.364. The third kappa shape index (κ3) is 6.84. The van der Waals surface area contributed by atoms with E-state index in [1.54, 1.807) is 70.2 Å². The van der Waals surface area contributed by atoms with E-state index in [9.17, 15) is 9.59 Å². The van der Waals surface area contributed by atoms with Crippen molar-refractivity contribution in [1.82, 2.24) is 0 Å². The molecule has 30 heavy (non-hydrogen) atoms. The van der Waals surface area contributed by atoms with Crippen LogP contribution in [0.5, 0.6) is 23.0 Å². The van der Waals surface area contributed by atoms with Crippen molar-refractivity contribution in [1.29, 1.82) is 0 Å². The molecule has 0 aliphatic carbocycles. The fourth-order valence-corrected chi connectivity index (χ4v) is 2.59. The molecule has 0 heterocycles. The van der Waals surface area contributed by atoms with Gasteiger partial charge in [-0.2, -0.15) is 0 Å². The van der Waals surface area contributed by atoms with E-state index in [2.05, 4.69) is 0 Å². The Labute approximate surface area is 180 Å². The molecule has 2 unspecified atom stereocenters. The van der Waals surface area contributed by atoms with E-state index in [0.29, 0.717) is 34.6 Å². The summed E-state index contributed by atoms with van der Waals surface area (Å²) in [5.74, 6) is 1.01. The van der Waals surface area contributed by atoms with Crippen LogP contribution in [-0.2, 0) is 19.1 Å². The molecule has 2 rings (SSSR count). The molecule has 2 aromatic carbocycles. The minimum atomic E-state index is -0.779. The molecule has 0 fully saturated rings. The van der Waals surface area contributed by atoms with Gasteiger partial charge in [-0.3, -0.25) is 0 Å². The summed E-state index contributed by atoms with van der Waals surface area (Å²) < 4.78 is 26.7. The van der Waals surface area contributed by atoms with Crippen molar-refractivity contribution in [2.75, 3.05) is 13.2 Å². The van der Waals surface area contributed by atoms with Crippen LogP contribution in [0.25, 0.3) is 0 Å². The van der Waals surface area contributed by atoms with Gasteiger partial charge in [-0.1, -0.05) is 11.6 Å². The Morgan fingerprint density at radius 3 is 1.83 bits per heavy atom. The van der Waals surface area contributed by atoms with Crippen LogP contribution < -0.4 is 14.2 Å². The van der Waals surface area contributed by atoms with Crippen molar-refractivity contribution in [3.8, 4) is 23.0 Å². The maximum absolute atomic E-state index is 11.7. The summed E-state index contributed by atoms with van der Waals surface area (Å²) >= 11 is 6.24. The van der Waals surface area contributed by atoms with Crippen LogP contribution in [0.15, 0.2) is 42.5 Å². The minimum absolute atomic E-state index is 0.276. The van der Waals surface area contributed by atoms with Crippen LogP contribution in [0.2, 0.25) is 5.02 Å². The van der Waals surface area contributed by atoms with Crippen LogP contribution in [0.3, 0.4) is 0 Å². The molecule has 2 aromatic rings. The van der Waals surface area contributed by atoms with E-state index >= 15 is 0 Å². The van der Waals surface area contributed by atoms with Crippen molar-refractivity contribution in [2.45, 2.75) is 39.9 Å². The summed E-state index contributed by atoms with van der Waals surface area (Å²) in [6.07, 6.45) is -1.49. The van der Waals surface area contributed by atoms with Gasteiger partial charge in [-0.15, -0.1) is 0 Å². The zero-order valence-corrected chi connectivity index (χ0v) is 18.1. The number of carbonyl (C=O) groups excluding carboxylic acids is 2. The molecule has 0 aliphatic rings. The van der Waals surface area contributed by atoms with Crippen molar-refractivity contribution in [3.63, 3.8) is 0 Å². The lowest BCUT2D eigenvalue weighted by molar-refractivity contribution is -0.151.